The topological polar surface area (TPSA) is 21.3 Å². The first-order valence-electron chi connectivity index (χ1n) is 8.21. The first-order valence-corrected chi connectivity index (χ1v) is 8.21. The smallest absolute Gasteiger partial charge is 0.0468 e. The fourth-order valence-corrected chi connectivity index (χ4v) is 3.59. The lowest BCUT2D eigenvalue weighted by Gasteiger charge is -2.32. The molecule has 1 saturated heterocycles. The van der Waals surface area contributed by atoms with E-state index in [2.05, 4.69) is 12.2 Å². The van der Waals surface area contributed by atoms with Gasteiger partial charge in [-0.15, -0.1) is 0 Å². The molecule has 0 unspecified atom stereocenters. The van der Waals surface area contributed by atoms with Crippen LogP contribution in [0.15, 0.2) is 0 Å². The second kappa shape index (κ2) is 8.16. The van der Waals surface area contributed by atoms with E-state index in [0.717, 1.165) is 31.1 Å². The van der Waals surface area contributed by atoms with E-state index in [1.165, 1.54) is 64.3 Å². The predicted molar refractivity (Wildman–Crippen MR) is 76.8 cm³/mol. The summed E-state index contributed by atoms with van der Waals surface area (Å²) >= 11 is 0. The number of hydrogen-bond acceptors (Lipinski definition) is 2. The van der Waals surface area contributed by atoms with E-state index >= 15 is 0 Å². The van der Waals surface area contributed by atoms with E-state index in [4.69, 9.17) is 4.74 Å². The third kappa shape index (κ3) is 4.55. The van der Waals surface area contributed by atoms with Crippen LogP contribution in [0.2, 0.25) is 0 Å². The van der Waals surface area contributed by atoms with Crippen LogP contribution in [0.25, 0.3) is 0 Å². The molecule has 0 spiro atoms. The fourth-order valence-electron chi connectivity index (χ4n) is 3.59. The van der Waals surface area contributed by atoms with Crippen molar-refractivity contribution in [1.82, 2.24) is 5.32 Å². The zero-order valence-corrected chi connectivity index (χ0v) is 12.1. The highest BCUT2D eigenvalue weighted by Crippen LogP contribution is 2.34. The number of ether oxygens (including phenoxy) is 1. The molecule has 2 aliphatic rings. The van der Waals surface area contributed by atoms with E-state index in [1.807, 2.05) is 0 Å². The van der Waals surface area contributed by atoms with E-state index in [1.54, 1.807) is 0 Å². The van der Waals surface area contributed by atoms with Crippen LogP contribution in [-0.2, 0) is 4.74 Å². The van der Waals surface area contributed by atoms with Crippen molar-refractivity contribution in [2.75, 3.05) is 19.8 Å². The lowest BCUT2D eigenvalue weighted by molar-refractivity contribution is 0.105. The summed E-state index contributed by atoms with van der Waals surface area (Å²) in [5.41, 5.74) is 0. The Morgan fingerprint density at radius 3 is 2.56 bits per heavy atom. The van der Waals surface area contributed by atoms with Crippen LogP contribution in [0.4, 0.5) is 0 Å². The molecule has 0 aromatic rings. The first-order chi connectivity index (χ1) is 8.90. The molecule has 2 rings (SSSR count). The van der Waals surface area contributed by atoms with Gasteiger partial charge in [0.05, 0.1) is 0 Å². The number of hydrogen-bond donors (Lipinski definition) is 1. The number of rotatable bonds is 7. The van der Waals surface area contributed by atoms with Crippen LogP contribution in [-0.4, -0.2) is 25.8 Å². The highest BCUT2D eigenvalue weighted by atomic mass is 16.5. The molecule has 2 nitrogen and oxygen atoms in total. The van der Waals surface area contributed by atoms with E-state index in [-0.39, 0.29) is 0 Å². The van der Waals surface area contributed by atoms with Gasteiger partial charge in [0.2, 0.25) is 0 Å². The van der Waals surface area contributed by atoms with Crippen LogP contribution in [0.5, 0.6) is 0 Å². The first kappa shape index (κ1) is 14.3. The highest BCUT2D eigenvalue weighted by Gasteiger charge is 2.28. The van der Waals surface area contributed by atoms with Gasteiger partial charge in [-0.3, -0.25) is 0 Å². The Morgan fingerprint density at radius 2 is 1.89 bits per heavy atom. The van der Waals surface area contributed by atoms with Gasteiger partial charge in [0.15, 0.2) is 0 Å². The van der Waals surface area contributed by atoms with Gasteiger partial charge < -0.3 is 10.1 Å². The third-order valence-corrected chi connectivity index (χ3v) is 4.87. The monoisotopic (exact) mass is 253 g/mol. The standard InChI is InChI=1S/C16H31NO/c1-2-3-12-18-13-10-14-6-8-15(9-7-14)16-5-4-11-17-16/h14-17H,2-13H2,1H3/t14?,15?,16-/m0/s1. The normalized spacial score (nSPS) is 32.8. The van der Waals surface area contributed by atoms with Crippen molar-refractivity contribution in [2.45, 2.75) is 70.8 Å². The molecular weight excluding hydrogens is 222 g/mol. The highest BCUT2D eigenvalue weighted by molar-refractivity contribution is 4.85. The third-order valence-electron chi connectivity index (χ3n) is 4.87. The molecule has 0 radical (unpaired) electrons. The van der Waals surface area contributed by atoms with Crippen molar-refractivity contribution in [2.24, 2.45) is 11.8 Å². The van der Waals surface area contributed by atoms with E-state index < -0.39 is 0 Å². The molecular formula is C16H31NO. The Labute approximate surface area is 113 Å². The molecule has 1 saturated carbocycles. The zero-order chi connectivity index (χ0) is 12.6. The largest absolute Gasteiger partial charge is 0.381 e. The molecule has 1 heterocycles. The van der Waals surface area contributed by atoms with Crippen molar-refractivity contribution in [1.29, 1.82) is 0 Å². The second-order valence-electron chi connectivity index (χ2n) is 6.24. The summed E-state index contributed by atoms with van der Waals surface area (Å²) in [6, 6.07) is 0.853. The lowest BCUT2D eigenvalue weighted by Crippen LogP contribution is -2.33. The quantitative estimate of drug-likeness (QED) is 0.698. The summed E-state index contributed by atoms with van der Waals surface area (Å²) in [7, 11) is 0. The zero-order valence-electron chi connectivity index (χ0n) is 12.1. The minimum atomic E-state index is 0.853. The fraction of sp³-hybridized carbons (Fsp3) is 1.00. The van der Waals surface area contributed by atoms with Crippen molar-refractivity contribution < 1.29 is 4.74 Å². The summed E-state index contributed by atoms with van der Waals surface area (Å²) < 4.78 is 5.69. The van der Waals surface area contributed by atoms with Crippen molar-refractivity contribution in [3.8, 4) is 0 Å². The summed E-state index contributed by atoms with van der Waals surface area (Å²) in [4.78, 5) is 0. The molecule has 1 aliphatic carbocycles. The molecule has 0 aromatic heterocycles. The molecule has 1 N–H and O–H groups in total. The molecule has 0 bridgehead atoms. The number of unbranched alkanes of at least 4 members (excludes halogenated alkanes) is 1. The SMILES string of the molecule is CCCCOCCC1CCC([C@@H]2CCCN2)CC1. The van der Waals surface area contributed by atoms with Crippen molar-refractivity contribution in [3.63, 3.8) is 0 Å². The van der Waals surface area contributed by atoms with Crippen LogP contribution >= 0.6 is 0 Å². The van der Waals surface area contributed by atoms with Gasteiger partial charge in [0.25, 0.3) is 0 Å². The molecule has 18 heavy (non-hydrogen) atoms. The maximum atomic E-state index is 5.69. The van der Waals surface area contributed by atoms with Gasteiger partial charge in [0, 0.05) is 19.3 Å². The average Bonchev–Trinajstić information content (AvgIpc) is 2.93. The summed E-state index contributed by atoms with van der Waals surface area (Å²) in [6.45, 7) is 5.45. The molecule has 2 heteroatoms. The van der Waals surface area contributed by atoms with E-state index in [9.17, 15) is 0 Å². The van der Waals surface area contributed by atoms with Crippen molar-refractivity contribution in [3.05, 3.63) is 0 Å². The molecule has 2 fully saturated rings. The van der Waals surface area contributed by atoms with Gasteiger partial charge >= 0.3 is 0 Å². The summed E-state index contributed by atoms with van der Waals surface area (Å²) in [5, 5.41) is 3.68. The predicted octanol–water partition coefficient (Wildman–Crippen LogP) is 3.75. The molecule has 1 aliphatic heterocycles. The summed E-state index contributed by atoms with van der Waals surface area (Å²) in [5.74, 6) is 1.93. The Bertz CT molecular complexity index is 205. The maximum absolute atomic E-state index is 5.69. The molecule has 106 valence electrons. The van der Waals surface area contributed by atoms with Crippen LogP contribution < -0.4 is 5.32 Å². The second-order valence-corrected chi connectivity index (χ2v) is 6.24. The molecule has 0 amide bonds. The van der Waals surface area contributed by atoms with Crippen LogP contribution in [0.1, 0.15) is 64.7 Å². The van der Waals surface area contributed by atoms with Crippen LogP contribution in [0, 0.1) is 11.8 Å². The average molecular weight is 253 g/mol. The Hall–Kier alpha value is -0.0800. The van der Waals surface area contributed by atoms with Gasteiger partial charge in [0.1, 0.15) is 0 Å². The van der Waals surface area contributed by atoms with Gasteiger partial charge in [-0.1, -0.05) is 26.2 Å². The molecule has 1 atom stereocenters. The molecule has 0 aromatic carbocycles. The van der Waals surface area contributed by atoms with Crippen LogP contribution in [0.3, 0.4) is 0 Å². The van der Waals surface area contributed by atoms with Crippen molar-refractivity contribution >= 4 is 0 Å². The minimum Gasteiger partial charge on any atom is -0.381 e. The van der Waals surface area contributed by atoms with Gasteiger partial charge in [-0.2, -0.15) is 0 Å². The van der Waals surface area contributed by atoms with E-state index in [0.29, 0.717) is 0 Å². The maximum Gasteiger partial charge on any atom is 0.0468 e. The van der Waals surface area contributed by atoms with Gasteiger partial charge in [-0.05, 0) is 56.9 Å². The number of nitrogens with one attached hydrogen (secondary N) is 1. The Kier molecular flexibility index (Phi) is 6.50. The Morgan fingerprint density at radius 1 is 1.06 bits per heavy atom. The summed E-state index contributed by atoms with van der Waals surface area (Å²) in [6.07, 6.45) is 12.4. The van der Waals surface area contributed by atoms with Gasteiger partial charge in [-0.25, -0.2) is 0 Å². The Balaban J connectivity index is 1.53. The minimum absolute atomic E-state index is 0.853. The lowest BCUT2D eigenvalue weighted by atomic mass is 9.77.